The maximum Gasteiger partial charge on any atom is 0.338 e. The Balaban J connectivity index is 1.93. The van der Waals surface area contributed by atoms with E-state index in [4.69, 9.17) is 28.6 Å². The van der Waals surface area contributed by atoms with Gasteiger partial charge in [-0.25, -0.2) is 4.79 Å². The first-order valence-electron chi connectivity index (χ1n) is 7.65. The summed E-state index contributed by atoms with van der Waals surface area (Å²) in [4.78, 5) is 23.9. The molecule has 0 atom stereocenters. The van der Waals surface area contributed by atoms with E-state index in [1.54, 1.807) is 48.5 Å². The average molecular weight is 377 g/mol. The molecule has 0 heterocycles. The van der Waals surface area contributed by atoms with Gasteiger partial charge in [-0.15, -0.1) is 0 Å². The zero-order chi connectivity index (χ0) is 18.2. The molecule has 0 fully saturated rings. The summed E-state index contributed by atoms with van der Waals surface area (Å²) in [5.41, 5.74) is 1.42. The van der Waals surface area contributed by atoms with Gasteiger partial charge in [0.15, 0.2) is 5.11 Å². The molecule has 0 saturated heterocycles. The minimum Gasteiger partial charge on any atom is -0.462 e. The average Bonchev–Trinajstić information content (AvgIpc) is 2.60. The molecule has 2 N–H and O–H groups in total. The first kappa shape index (κ1) is 18.9. The molecule has 0 aliphatic rings. The third-order valence-corrected chi connectivity index (χ3v) is 3.70. The van der Waals surface area contributed by atoms with Gasteiger partial charge in [-0.1, -0.05) is 30.7 Å². The zero-order valence-corrected chi connectivity index (χ0v) is 15.1. The number of benzene rings is 2. The number of thiocarbonyl (C=S) groups is 1. The normalized spacial score (nSPS) is 10.0. The Bertz CT molecular complexity index is 778. The number of nitrogens with one attached hydrogen (secondary N) is 2. The van der Waals surface area contributed by atoms with Crippen LogP contribution in [0.2, 0.25) is 5.02 Å². The van der Waals surface area contributed by atoms with Crippen molar-refractivity contribution in [3.8, 4) is 0 Å². The molecule has 5 nitrogen and oxygen atoms in total. The van der Waals surface area contributed by atoms with E-state index in [0.717, 1.165) is 6.42 Å². The number of carbonyl (C=O) groups is 2. The van der Waals surface area contributed by atoms with Crippen molar-refractivity contribution < 1.29 is 14.3 Å². The smallest absolute Gasteiger partial charge is 0.338 e. The van der Waals surface area contributed by atoms with Crippen LogP contribution in [0.5, 0.6) is 0 Å². The highest BCUT2D eigenvalue weighted by atomic mass is 35.5. The lowest BCUT2D eigenvalue weighted by Gasteiger charge is -2.11. The second kappa shape index (κ2) is 9.15. The van der Waals surface area contributed by atoms with Crippen molar-refractivity contribution in [2.45, 2.75) is 13.3 Å². The number of hydrogen-bond donors (Lipinski definition) is 2. The van der Waals surface area contributed by atoms with Crippen LogP contribution in [0.25, 0.3) is 0 Å². The molecule has 7 heteroatoms. The first-order chi connectivity index (χ1) is 12.0. The molecule has 0 aliphatic heterocycles. The van der Waals surface area contributed by atoms with E-state index in [1.165, 1.54) is 0 Å². The van der Waals surface area contributed by atoms with Crippen molar-refractivity contribution >= 4 is 46.5 Å². The number of anilines is 1. The SMILES string of the molecule is CCCOC(=O)c1ccc(NC(=S)NC(=O)c2ccccc2Cl)cc1. The molecular weight excluding hydrogens is 360 g/mol. The highest BCUT2D eigenvalue weighted by Crippen LogP contribution is 2.15. The number of rotatable bonds is 5. The van der Waals surface area contributed by atoms with Crippen LogP contribution in [0.1, 0.15) is 34.1 Å². The molecule has 130 valence electrons. The van der Waals surface area contributed by atoms with E-state index in [1.807, 2.05) is 6.92 Å². The van der Waals surface area contributed by atoms with E-state index in [2.05, 4.69) is 10.6 Å². The number of carbonyl (C=O) groups excluding carboxylic acids is 2. The lowest BCUT2D eigenvalue weighted by Crippen LogP contribution is -2.34. The molecular formula is C18H17ClN2O3S. The molecule has 2 rings (SSSR count). The Kier molecular flexibility index (Phi) is 6.91. The summed E-state index contributed by atoms with van der Waals surface area (Å²) in [6, 6.07) is 13.3. The largest absolute Gasteiger partial charge is 0.462 e. The Morgan fingerprint density at radius 3 is 2.44 bits per heavy atom. The number of esters is 1. The van der Waals surface area contributed by atoms with E-state index < -0.39 is 5.91 Å². The second-order valence-electron chi connectivity index (χ2n) is 5.10. The van der Waals surface area contributed by atoms with Crippen LogP contribution in [0.3, 0.4) is 0 Å². The monoisotopic (exact) mass is 376 g/mol. The molecule has 0 aromatic heterocycles. The minimum atomic E-state index is -0.400. The van der Waals surface area contributed by atoms with E-state index >= 15 is 0 Å². The van der Waals surface area contributed by atoms with Gasteiger partial charge in [0.1, 0.15) is 0 Å². The summed E-state index contributed by atoms with van der Waals surface area (Å²) in [7, 11) is 0. The summed E-state index contributed by atoms with van der Waals surface area (Å²) < 4.78 is 5.06. The Hall–Kier alpha value is -2.44. The Labute approximate surface area is 156 Å². The fraction of sp³-hybridized carbons (Fsp3) is 0.167. The van der Waals surface area contributed by atoms with Crippen molar-refractivity contribution in [2.75, 3.05) is 11.9 Å². The fourth-order valence-electron chi connectivity index (χ4n) is 1.95. The standard InChI is InChI=1S/C18H17ClN2O3S/c1-2-11-24-17(23)12-7-9-13(10-8-12)20-18(25)21-16(22)14-5-3-4-6-15(14)19/h3-10H,2,11H2,1H3,(H2,20,21,22,25). The maximum atomic E-state index is 12.1. The topological polar surface area (TPSA) is 67.4 Å². The van der Waals surface area contributed by atoms with Gasteiger partial charge in [0.05, 0.1) is 22.8 Å². The Morgan fingerprint density at radius 1 is 1.12 bits per heavy atom. The summed E-state index contributed by atoms with van der Waals surface area (Å²) in [6.45, 7) is 2.31. The predicted octanol–water partition coefficient (Wildman–Crippen LogP) is 4.03. The molecule has 0 aliphatic carbocycles. The number of amides is 1. The third kappa shape index (κ3) is 5.55. The molecule has 0 saturated carbocycles. The van der Waals surface area contributed by atoms with Gasteiger partial charge in [-0.05, 0) is 55.0 Å². The van der Waals surface area contributed by atoms with Crippen LogP contribution in [0, 0.1) is 0 Å². The molecule has 1 amide bonds. The van der Waals surface area contributed by atoms with Gasteiger partial charge in [-0.3, -0.25) is 10.1 Å². The summed E-state index contributed by atoms with van der Waals surface area (Å²) in [6.07, 6.45) is 0.769. The quantitative estimate of drug-likeness (QED) is 0.609. The lowest BCUT2D eigenvalue weighted by atomic mass is 10.2. The van der Waals surface area contributed by atoms with Crippen LogP contribution >= 0.6 is 23.8 Å². The first-order valence-corrected chi connectivity index (χ1v) is 8.44. The van der Waals surface area contributed by atoms with Crippen LogP contribution in [-0.2, 0) is 4.74 Å². The van der Waals surface area contributed by atoms with E-state index in [-0.39, 0.29) is 11.1 Å². The molecule has 2 aromatic carbocycles. The van der Waals surface area contributed by atoms with Gasteiger partial charge in [0.25, 0.3) is 5.91 Å². The fourth-order valence-corrected chi connectivity index (χ4v) is 2.38. The number of hydrogen-bond acceptors (Lipinski definition) is 4. The van der Waals surface area contributed by atoms with Crippen LogP contribution in [-0.4, -0.2) is 23.6 Å². The second-order valence-corrected chi connectivity index (χ2v) is 5.92. The molecule has 2 aromatic rings. The van der Waals surface area contributed by atoms with Crippen LogP contribution in [0.15, 0.2) is 48.5 Å². The van der Waals surface area contributed by atoms with Crippen molar-refractivity contribution in [3.63, 3.8) is 0 Å². The zero-order valence-electron chi connectivity index (χ0n) is 13.5. The summed E-state index contributed by atoms with van der Waals surface area (Å²) in [5, 5.41) is 5.91. The van der Waals surface area contributed by atoms with Gasteiger partial charge >= 0.3 is 5.97 Å². The van der Waals surface area contributed by atoms with Crippen molar-refractivity contribution in [1.29, 1.82) is 0 Å². The van der Waals surface area contributed by atoms with E-state index in [9.17, 15) is 9.59 Å². The highest BCUT2D eigenvalue weighted by Gasteiger charge is 2.11. The minimum absolute atomic E-state index is 0.131. The molecule has 0 radical (unpaired) electrons. The molecule has 0 bridgehead atoms. The van der Waals surface area contributed by atoms with E-state index in [0.29, 0.717) is 28.4 Å². The Morgan fingerprint density at radius 2 is 1.80 bits per heavy atom. The summed E-state index contributed by atoms with van der Waals surface area (Å²) >= 11 is 11.1. The van der Waals surface area contributed by atoms with Gasteiger partial charge in [0.2, 0.25) is 0 Å². The predicted molar refractivity (Wildman–Crippen MR) is 102 cm³/mol. The van der Waals surface area contributed by atoms with Crippen LogP contribution < -0.4 is 10.6 Å². The van der Waals surface area contributed by atoms with Gasteiger partial charge in [-0.2, -0.15) is 0 Å². The van der Waals surface area contributed by atoms with Gasteiger partial charge < -0.3 is 10.1 Å². The number of ether oxygens (including phenoxy) is 1. The molecule has 0 spiro atoms. The lowest BCUT2D eigenvalue weighted by molar-refractivity contribution is 0.0505. The van der Waals surface area contributed by atoms with Crippen molar-refractivity contribution in [2.24, 2.45) is 0 Å². The van der Waals surface area contributed by atoms with Crippen molar-refractivity contribution in [3.05, 3.63) is 64.7 Å². The molecule has 0 unspecified atom stereocenters. The molecule has 25 heavy (non-hydrogen) atoms. The third-order valence-electron chi connectivity index (χ3n) is 3.16. The number of halogens is 1. The van der Waals surface area contributed by atoms with Gasteiger partial charge in [0, 0.05) is 5.69 Å². The highest BCUT2D eigenvalue weighted by molar-refractivity contribution is 7.80. The van der Waals surface area contributed by atoms with Crippen LogP contribution in [0.4, 0.5) is 5.69 Å². The summed E-state index contributed by atoms with van der Waals surface area (Å²) in [5.74, 6) is -0.772. The maximum absolute atomic E-state index is 12.1. The van der Waals surface area contributed by atoms with Crippen molar-refractivity contribution in [1.82, 2.24) is 5.32 Å².